The molecule has 45 heavy (non-hydrogen) atoms. The van der Waals surface area contributed by atoms with Gasteiger partial charge in [0.1, 0.15) is 24.1 Å². The summed E-state index contributed by atoms with van der Waals surface area (Å²) in [6, 6.07) is 7.09. The number of aliphatic hydroxyl groups is 1. The molecule has 0 spiro atoms. The molecule has 3 N–H and O–H groups in total. The van der Waals surface area contributed by atoms with Gasteiger partial charge in [0, 0.05) is 38.8 Å². The maximum absolute atomic E-state index is 13.6. The molecule has 5 atom stereocenters. The first-order valence-electron chi connectivity index (χ1n) is 14.0. The van der Waals surface area contributed by atoms with Crippen LogP contribution in [-0.4, -0.2) is 94.7 Å². The Kier molecular flexibility index (Phi) is 11.4. The molecule has 248 valence electrons. The SMILES string of the molecule is C.COC(=O)C(C)NP(=O)(OC[C@H]1OC(n2cc(/C=C/COP(=O)(N3CC3)N3CC3)c(=O)[nH]c2=O)CC1O)Oc1ccccc1. The van der Waals surface area contributed by atoms with Gasteiger partial charge in [-0.05, 0) is 25.1 Å². The summed E-state index contributed by atoms with van der Waals surface area (Å²) in [5.41, 5.74) is -1.30. The Morgan fingerprint density at radius 3 is 2.44 bits per heavy atom. The third-order valence-corrected chi connectivity index (χ3v) is 11.4. The number of hydrogen-bond acceptors (Lipinski definition) is 11. The van der Waals surface area contributed by atoms with Gasteiger partial charge in [0.05, 0.1) is 32.0 Å². The van der Waals surface area contributed by atoms with Gasteiger partial charge in [-0.15, -0.1) is 0 Å². The number of ether oxygens (including phenoxy) is 2. The Balaban J connectivity index is 0.00000461. The van der Waals surface area contributed by atoms with E-state index in [1.54, 1.807) is 39.7 Å². The van der Waals surface area contributed by atoms with Crippen molar-refractivity contribution < 1.29 is 42.1 Å². The number of benzene rings is 1. The molecule has 16 nitrogen and oxygen atoms in total. The number of para-hydroxylation sites is 1. The number of carbonyl (C=O) groups is 1. The van der Waals surface area contributed by atoms with Crippen molar-refractivity contribution in [2.24, 2.45) is 0 Å². The first kappa shape index (κ1) is 35.0. The predicted octanol–water partition coefficient (Wildman–Crippen LogP) is 1.95. The van der Waals surface area contributed by atoms with E-state index in [1.165, 1.54) is 32.4 Å². The van der Waals surface area contributed by atoms with E-state index < -0.39 is 63.7 Å². The standard InChI is InChI=1S/C26H35N5O11P2.CH4/c1-18(25(34)38-2)28-43(36,42-20-8-4-3-5-9-20)40-17-22-21(32)15-23(41-22)31-16-19(24(33)27-26(31)35)7-6-14-39-44(37,29-10-11-29)30-12-13-30;/h3-9,16,18,21-23,32H,10-15,17H2,1-2H3,(H,28,36)(H,27,33,35);1H4/b7-6+;/t18?,21?,22-,23?,43?;/m1./s1. The van der Waals surface area contributed by atoms with Crippen LogP contribution in [0.25, 0.3) is 6.08 Å². The lowest BCUT2D eigenvalue weighted by Crippen LogP contribution is -2.36. The summed E-state index contributed by atoms with van der Waals surface area (Å²) in [5.74, 6) is -0.498. The van der Waals surface area contributed by atoms with Crippen molar-refractivity contribution in [1.82, 2.24) is 24.0 Å². The number of aromatic amines is 1. The van der Waals surface area contributed by atoms with Crippen molar-refractivity contribution in [2.45, 2.75) is 45.2 Å². The molecule has 0 aliphatic carbocycles. The minimum atomic E-state index is -4.20. The average molecular weight is 672 g/mol. The van der Waals surface area contributed by atoms with Gasteiger partial charge in [-0.2, -0.15) is 5.09 Å². The van der Waals surface area contributed by atoms with Crippen LogP contribution in [0.15, 0.2) is 52.2 Å². The summed E-state index contributed by atoms with van der Waals surface area (Å²) < 4.78 is 58.6. The predicted molar refractivity (Wildman–Crippen MR) is 164 cm³/mol. The Bertz CT molecular complexity index is 1560. The summed E-state index contributed by atoms with van der Waals surface area (Å²) in [6.45, 7) is 3.82. The van der Waals surface area contributed by atoms with E-state index in [0.29, 0.717) is 26.2 Å². The summed E-state index contributed by atoms with van der Waals surface area (Å²) in [6.07, 6.45) is 1.05. The van der Waals surface area contributed by atoms with Crippen LogP contribution in [0.3, 0.4) is 0 Å². The third kappa shape index (κ3) is 8.67. The van der Waals surface area contributed by atoms with Crippen LogP contribution in [0.2, 0.25) is 0 Å². The first-order chi connectivity index (χ1) is 21.0. The number of rotatable bonds is 15. The number of nitrogens with zero attached hydrogens (tertiary/aromatic N) is 3. The number of methoxy groups -OCH3 is 1. The first-order valence-corrected chi connectivity index (χ1v) is 17.0. The smallest absolute Gasteiger partial charge is 0.459 e. The summed E-state index contributed by atoms with van der Waals surface area (Å²) in [4.78, 5) is 39.3. The van der Waals surface area contributed by atoms with E-state index in [0.717, 1.165) is 4.57 Å². The van der Waals surface area contributed by atoms with Crippen LogP contribution in [-0.2, 0) is 32.4 Å². The minimum Gasteiger partial charge on any atom is -0.468 e. The van der Waals surface area contributed by atoms with Crippen LogP contribution in [0.1, 0.15) is 32.6 Å². The number of nitrogens with one attached hydrogen (secondary N) is 2. The zero-order chi connectivity index (χ0) is 31.5. The van der Waals surface area contributed by atoms with E-state index in [4.69, 9.17) is 18.3 Å². The maximum atomic E-state index is 13.6. The van der Waals surface area contributed by atoms with Crippen LogP contribution in [0, 0.1) is 0 Å². The van der Waals surface area contributed by atoms with Gasteiger partial charge < -0.3 is 23.6 Å². The van der Waals surface area contributed by atoms with Crippen molar-refractivity contribution in [3.05, 3.63) is 69.0 Å². The van der Waals surface area contributed by atoms with Gasteiger partial charge >= 0.3 is 27.1 Å². The topological polar surface area (TPSA) is 190 Å². The number of H-pyrrole nitrogens is 1. The Morgan fingerprint density at radius 1 is 1.16 bits per heavy atom. The van der Waals surface area contributed by atoms with E-state index in [2.05, 4.69) is 14.8 Å². The van der Waals surface area contributed by atoms with E-state index in [-0.39, 0.29) is 31.8 Å². The fourth-order valence-electron chi connectivity index (χ4n) is 4.47. The second-order valence-corrected chi connectivity index (χ2v) is 14.4. The normalized spacial score (nSPS) is 23.7. The molecule has 0 radical (unpaired) electrons. The number of carbonyl (C=O) groups excluding carboxylic acids is 1. The second-order valence-electron chi connectivity index (χ2n) is 10.4. The van der Waals surface area contributed by atoms with Gasteiger partial charge in [-0.25, -0.2) is 18.7 Å². The quantitative estimate of drug-likeness (QED) is 0.141. The lowest BCUT2D eigenvalue weighted by Gasteiger charge is -2.24. The number of esters is 1. The van der Waals surface area contributed by atoms with Crippen molar-refractivity contribution in [3.8, 4) is 5.75 Å². The lowest BCUT2D eigenvalue weighted by molar-refractivity contribution is -0.142. The van der Waals surface area contributed by atoms with Crippen molar-refractivity contribution in [1.29, 1.82) is 0 Å². The Labute approximate surface area is 260 Å². The molecular weight excluding hydrogens is 632 g/mol. The largest absolute Gasteiger partial charge is 0.468 e. The van der Waals surface area contributed by atoms with Gasteiger partial charge in [-0.3, -0.25) is 28.2 Å². The summed E-state index contributed by atoms with van der Waals surface area (Å²) >= 11 is 0. The molecule has 0 bridgehead atoms. The van der Waals surface area contributed by atoms with E-state index in [1.807, 2.05) is 0 Å². The molecule has 0 amide bonds. The highest BCUT2D eigenvalue weighted by Gasteiger charge is 2.49. The molecule has 1 aromatic heterocycles. The molecule has 3 saturated heterocycles. The fraction of sp³-hybridized carbons (Fsp3) is 0.519. The zero-order valence-electron chi connectivity index (χ0n) is 24.1. The van der Waals surface area contributed by atoms with Gasteiger partial charge in [0.15, 0.2) is 0 Å². The van der Waals surface area contributed by atoms with E-state index >= 15 is 0 Å². The van der Waals surface area contributed by atoms with E-state index in [9.17, 15) is 28.6 Å². The van der Waals surface area contributed by atoms with Crippen LogP contribution in [0.4, 0.5) is 0 Å². The minimum absolute atomic E-state index is 0. The van der Waals surface area contributed by atoms with Gasteiger partial charge in [0.2, 0.25) is 0 Å². The highest BCUT2D eigenvalue weighted by Crippen LogP contribution is 2.60. The molecule has 3 aliphatic heterocycles. The molecule has 2 aromatic rings. The van der Waals surface area contributed by atoms with Crippen molar-refractivity contribution in [3.63, 3.8) is 0 Å². The molecule has 3 fully saturated rings. The van der Waals surface area contributed by atoms with Crippen molar-refractivity contribution in [2.75, 3.05) is 46.5 Å². The van der Waals surface area contributed by atoms with Crippen LogP contribution >= 0.6 is 15.4 Å². The fourth-order valence-corrected chi connectivity index (χ4v) is 8.13. The average Bonchev–Trinajstić information content (AvgIpc) is 3.92. The molecular formula is C27H39N5O11P2. The third-order valence-electron chi connectivity index (χ3n) is 6.99. The van der Waals surface area contributed by atoms with Crippen molar-refractivity contribution >= 4 is 27.5 Å². The van der Waals surface area contributed by atoms with Gasteiger partial charge in [0.25, 0.3) is 5.56 Å². The lowest BCUT2D eigenvalue weighted by atomic mass is 10.2. The molecule has 0 saturated carbocycles. The molecule has 4 heterocycles. The maximum Gasteiger partial charge on any atom is 0.459 e. The Hall–Kier alpha value is -2.91. The second kappa shape index (κ2) is 14.7. The molecule has 3 aliphatic rings. The Morgan fingerprint density at radius 2 is 1.82 bits per heavy atom. The molecule has 18 heteroatoms. The summed E-state index contributed by atoms with van der Waals surface area (Å²) in [7, 11) is -6.03. The van der Waals surface area contributed by atoms with Gasteiger partial charge in [-0.1, -0.05) is 31.7 Å². The number of aliphatic hydroxyl groups excluding tert-OH is 1. The molecule has 5 rings (SSSR count). The zero-order valence-corrected chi connectivity index (χ0v) is 25.9. The molecule has 1 aromatic carbocycles. The summed E-state index contributed by atoms with van der Waals surface area (Å²) in [5, 5.41) is 13.2. The number of aromatic nitrogens is 2. The van der Waals surface area contributed by atoms with Crippen LogP contribution in [0.5, 0.6) is 5.75 Å². The highest BCUT2D eigenvalue weighted by atomic mass is 31.2. The highest BCUT2D eigenvalue weighted by molar-refractivity contribution is 7.54. The number of hydrogen-bond donors (Lipinski definition) is 3. The monoisotopic (exact) mass is 671 g/mol. The van der Waals surface area contributed by atoms with Crippen LogP contribution < -0.4 is 20.9 Å². The molecule has 4 unspecified atom stereocenters.